The largest absolute Gasteiger partial charge is 0.344 e. The number of aryl methyl sites for hydroxylation is 1. The molecule has 0 saturated carbocycles. The zero-order chi connectivity index (χ0) is 20.1. The zero-order valence-corrected chi connectivity index (χ0v) is 17.2. The molecule has 1 aromatic carbocycles. The lowest BCUT2D eigenvalue weighted by Gasteiger charge is -2.37. The van der Waals surface area contributed by atoms with E-state index in [0.717, 1.165) is 40.7 Å². The van der Waals surface area contributed by atoms with E-state index in [1.54, 1.807) is 0 Å². The van der Waals surface area contributed by atoms with Gasteiger partial charge in [0.2, 0.25) is 5.91 Å². The molecule has 3 aromatic rings. The molecule has 0 radical (unpaired) electrons. The lowest BCUT2D eigenvalue weighted by molar-refractivity contribution is -0.136. The summed E-state index contributed by atoms with van der Waals surface area (Å²) in [5.74, 6) is 1.50. The molecule has 5 rings (SSSR count). The van der Waals surface area contributed by atoms with Crippen LogP contribution in [0.5, 0.6) is 0 Å². The molecule has 3 unspecified atom stereocenters. The van der Waals surface area contributed by atoms with Crippen LogP contribution < -0.4 is 5.32 Å². The standard InChI is InChI=1S/C21H23ClN6O/c1-12-25-19-20(28(12)10-13-3-5-14(22)6-4-13)26-17(9-24-19)16-11-27(2)21(29)18-15(16)7-8-23-18/h3-6,9,15-16,18,23H,7-8,10-11H2,1-2H3. The number of halogens is 1. The van der Waals surface area contributed by atoms with Gasteiger partial charge in [0.15, 0.2) is 11.3 Å². The smallest absolute Gasteiger partial charge is 0.239 e. The van der Waals surface area contributed by atoms with E-state index in [9.17, 15) is 4.79 Å². The summed E-state index contributed by atoms with van der Waals surface area (Å²) in [6, 6.07) is 7.70. The number of piperidine rings is 1. The first-order valence-electron chi connectivity index (χ1n) is 9.94. The molecule has 2 aliphatic heterocycles. The third kappa shape index (κ3) is 3.18. The second-order valence-corrected chi connectivity index (χ2v) is 8.46. The van der Waals surface area contributed by atoms with E-state index in [4.69, 9.17) is 16.6 Å². The van der Waals surface area contributed by atoms with Crippen LogP contribution in [0.25, 0.3) is 11.3 Å². The Kier molecular flexibility index (Phi) is 4.52. The molecule has 7 nitrogen and oxygen atoms in total. The summed E-state index contributed by atoms with van der Waals surface area (Å²) in [6.07, 6.45) is 2.82. The number of carbonyl (C=O) groups excluding carboxylic acids is 1. The topological polar surface area (TPSA) is 75.9 Å². The Morgan fingerprint density at radius 2 is 2.03 bits per heavy atom. The van der Waals surface area contributed by atoms with E-state index in [0.29, 0.717) is 18.7 Å². The Labute approximate surface area is 174 Å². The van der Waals surface area contributed by atoms with Crippen LogP contribution in [0.15, 0.2) is 30.5 Å². The molecule has 2 saturated heterocycles. The van der Waals surface area contributed by atoms with Gasteiger partial charge in [-0.05, 0) is 43.5 Å². The maximum Gasteiger partial charge on any atom is 0.239 e. The molecule has 29 heavy (non-hydrogen) atoms. The molecular formula is C21H23ClN6O. The van der Waals surface area contributed by atoms with Crippen LogP contribution in [0.4, 0.5) is 0 Å². The van der Waals surface area contributed by atoms with E-state index in [-0.39, 0.29) is 23.8 Å². The molecule has 8 heteroatoms. The fraction of sp³-hybridized carbons (Fsp3) is 0.429. The lowest BCUT2D eigenvalue weighted by atomic mass is 9.80. The number of benzene rings is 1. The highest BCUT2D eigenvalue weighted by molar-refractivity contribution is 6.30. The van der Waals surface area contributed by atoms with Gasteiger partial charge in [0.25, 0.3) is 0 Å². The number of likely N-dealkylation sites (N-methyl/N-ethyl adjacent to an activating group) is 1. The maximum absolute atomic E-state index is 12.5. The van der Waals surface area contributed by atoms with Gasteiger partial charge in [-0.15, -0.1) is 0 Å². The average Bonchev–Trinajstić information content (AvgIpc) is 3.31. The predicted molar refractivity (Wildman–Crippen MR) is 111 cm³/mol. The molecular weight excluding hydrogens is 388 g/mol. The summed E-state index contributed by atoms with van der Waals surface area (Å²) in [5, 5.41) is 4.08. The molecule has 2 aliphatic rings. The van der Waals surface area contributed by atoms with Gasteiger partial charge in [-0.2, -0.15) is 0 Å². The van der Waals surface area contributed by atoms with Crippen LogP contribution in [0, 0.1) is 12.8 Å². The summed E-state index contributed by atoms with van der Waals surface area (Å²) >= 11 is 6.02. The number of carbonyl (C=O) groups is 1. The van der Waals surface area contributed by atoms with Crippen molar-refractivity contribution in [2.45, 2.75) is 31.8 Å². The van der Waals surface area contributed by atoms with Gasteiger partial charge in [-0.25, -0.2) is 15.0 Å². The number of aromatic nitrogens is 4. The number of amides is 1. The molecule has 0 bridgehead atoms. The van der Waals surface area contributed by atoms with Crippen molar-refractivity contribution >= 4 is 28.8 Å². The van der Waals surface area contributed by atoms with Crippen LogP contribution >= 0.6 is 11.6 Å². The minimum Gasteiger partial charge on any atom is -0.344 e. The summed E-state index contributed by atoms with van der Waals surface area (Å²) in [4.78, 5) is 28.5. The molecule has 3 atom stereocenters. The van der Waals surface area contributed by atoms with Crippen molar-refractivity contribution in [3.8, 4) is 0 Å². The van der Waals surface area contributed by atoms with Crippen LogP contribution in [0.2, 0.25) is 5.02 Å². The molecule has 2 aromatic heterocycles. The number of likely N-dealkylation sites (tertiary alicyclic amines) is 1. The van der Waals surface area contributed by atoms with Crippen molar-refractivity contribution in [1.29, 1.82) is 0 Å². The number of nitrogens with one attached hydrogen (secondary N) is 1. The van der Waals surface area contributed by atoms with Gasteiger partial charge < -0.3 is 14.8 Å². The van der Waals surface area contributed by atoms with Crippen molar-refractivity contribution in [1.82, 2.24) is 29.7 Å². The summed E-state index contributed by atoms with van der Waals surface area (Å²) in [6.45, 7) is 4.18. The highest BCUT2D eigenvalue weighted by atomic mass is 35.5. The van der Waals surface area contributed by atoms with E-state index in [2.05, 4.69) is 19.9 Å². The Bertz CT molecular complexity index is 1080. The second-order valence-electron chi connectivity index (χ2n) is 8.02. The number of fused-ring (bicyclic) bond motifs is 2. The number of rotatable bonds is 3. The number of nitrogens with zero attached hydrogens (tertiary/aromatic N) is 5. The minimum absolute atomic E-state index is 0.114. The van der Waals surface area contributed by atoms with Gasteiger partial charge in [-0.3, -0.25) is 4.79 Å². The van der Waals surface area contributed by atoms with Crippen LogP contribution in [0.3, 0.4) is 0 Å². The maximum atomic E-state index is 12.5. The van der Waals surface area contributed by atoms with Crippen LogP contribution in [0.1, 0.15) is 29.4 Å². The quantitative estimate of drug-likeness (QED) is 0.717. The monoisotopic (exact) mass is 410 g/mol. The first kappa shape index (κ1) is 18.5. The van der Waals surface area contributed by atoms with E-state index < -0.39 is 0 Å². The van der Waals surface area contributed by atoms with Gasteiger partial charge in [0.05, 0.1) is 24.5 Å². The van der Waals surface area contributed by atoms with E-state index in [1.807, 2.05) is 49.3 Å². The van der Waals surface area contributed by atoms with Crippen molar-refractivity contribution < 1.29 is 4.79 Å². The lowest BCUT2D eigenvalue weighted by Crippen LogP contribution is -2.53. The fourth-order valence-corrected chi connectivity index (χ4v) is 4.78. The molecule has 1 amide bonds. The molecule has 1 N–H and O–H groups in total. The van der Waals surface area contributed by atoms with Crippen molar-refractivity contribution in [2.75, 3.05) is 20.1 Å². The normalized spacial score (nSPS) is 24.3. The Hall–Kier alpha value is -2.51. The van der Waals surface area contributed by atoms with Gasteiger partial charge in [0, 0.05) is 24.5 Å². The van der Waals surface area contributed by atoms with Gasteiger partial charge >= 0.3 is 0 Å². The van der Waals surface area contributed by atoms with E-state index >= 15 is 0 Å². The number of hydrogen-bond donors (Lipinski definition) is 1. The first-order valence-corrected chi connectivity index (χ1v) is 10.3. The fourth-order valence-electron chi connectivity index (χ4n) is 4.65. The highest BCUT2D eigenvalue weighted by Crippen LogP contribution is 2.37. The predicted octanol–water partition coefficient (Wildman–Crippen LogP) is 2.37. The molecule has 2 fully saturated rings. The zero-order valence-electron chi connectivity index (χ0n) is 16.5. The second kappa shape index (κ2) is 7.07. The molecule has 150 valence electrons. The number of hydrogen-bond acceptors (Lipinski definition) is 5. The Balaban J connectivity index is 1.53. The van der Waals surface area contributed by atoms with Crippen molar-refractivity contribution in [3.63, 3.8) is 0 Å². The number of imidazole rings is 1. The highest BCUT2D eigenvalue weighted by Gasteiger charge is 2.45. The Morgan fingerprint density at radius 1 is 1.24 bits per heavy atom. The average molecular weight is 411 g/mol. The first-order chi connectivity index (χ1) is 14.0. The minimum atomic E-state index is -0.114. The molecule has 0 aliphatic carbocycles. The summed E-state index contributed by atoms with van der Waals surface area (Å²) < 4.78 is 2.09. The SMILES string of the molecule is Cc1nc2ncc(C3CN(C)C(=O)C4NCCC43)nc2n1Cc1ccc(Cl)cc1. The van der Waals surface area contributed by atoms with E-state index in [1.165, 1.54) is 0 Å². The van der Waals surface area contributed by atoms with Gasteiger partial charge in [0.1, 0.15) is 5.82 Å². The van der Waals surface area contributed by atoms with Gasteiger partial charge in [-0.1, -0.05) is 23.7 Å². The Morgan fingerprint density at radius 3 is 2.83 bits per heavy atom. The third-order valence-electron chi connectivity index (χ3n) is 6.20. The van der Waals surface area contributed by atoms with Crippen LogP contribution in [-0.2, 0) is 11.3 Å². The van der Waals surface area contributed by atoms with Crippen molar-refractivity contribution in [3.05, 3.63) is 52.6 Å². The van der Waals surface area contributed by atoms with Crippen LogP contribution in [-0.4, -0.2) is 56.5 Å². The molecule has 4 heterocycles. The van der Waals surface area contributed by atoms with Crippen molar-refractivity contribution in [2.24, 2.45) is 5.92 Å². The third-order valence-corrected chi connectivity index (χ3v) is 6.45. The summed E-state index contributed by atoms with van der Waals surface area (Å²) in [7, 11) is 1.87. The summed E-state index contributed by atoms with van der Waals surface area (Å²) in [5.41, 5.74) is 3.51. The molecule has 0 spiro atoms.